The third kappa shape index (κ3) is 6.01. The monoisotopic (exact) mass is 585 g/mol. The molecule has 8 heteroatoms. The fourth-order valence-corrected chi connectivity index (χ4v) is 5.68. The molecule has 0 spiro atoms. The molecule has 0 saturated heterocycles. The number of aryl methyl sites for hydroxylation is 1. The van der Waals surface area contributed by atoms with Crippen LogP contribution in [-0.2, 0) is 0 Å². The van der Waals surface area contributed by atoms with Crippen molar-refractivity contribution in [2.75, 3.05) is 28.1 Å². The van der Waals surface area contributed by atoms with Crippen molar-refractivity contribution in [2.45, 2.75) is 33.2 Å². The van der Waals surface area contributed by atoms with E-state index in [2.05, 4.69) is 136 Å². The van der Waals surface area contributed by atoms with Crippen molar-refractivity contribution in [3.8, 4) is 0 Å². The second-order valence-corrected chi connectivity index (χ2v) is 11.5. The van der Waals surface area contributed by atoms with E-state index in [1.807, 2.05) is 24.4 Å². The number of hydrogen-bond acceptors (Lipinski definition) is 8. The van der Waals surface area contributed by atoms with Gasteiger partial charge in [0.2, 0.25) is 5.13 Å². The summed E-state index contributed by atoms with van der Waals surface area (Å²) in [4.78, 5) is 6.45. The van der Waals surface area contributed by atoms with E-state index >= 15 is 0 Å². The van der Waals surface area contributed by atoms with Gasteiger partial charge in [0.15, 0.2) is 0 Å². The van der Waals surface area contributed by atoms with Gasteiger partial charge in [-0.15, -0.1) is 21.6 Å². The van der Waals surface area contributed by atoms with Gasteiger partial charge in [0.1, 0.15) is 0 Å². The predicted octanol–water partition coefficient (Wildman–Crippen LogP) is 10.6. The first-order chi connectivity index (χ1) is 21.0. The molecule has 1 aromatic heterocycles. The molecule has 1 atom stereocenters. The van der Waals surface area contributed by atoms with Gasteiger partial charge in [-0.2, -0.15) is 0 Å². The van der Waals surface area contributed by atoms with Crippen molar-refractivity contribution in [2.24, 2.45) is 10.2 Å². The molecule has 1 unspecified atom stereocenters. The first kappa shape index (κ1) is 28.2. The Kier molecular flexibility index (Phi) is 8.20. The number of benzene rings is 5. The number of nitrogens with one attached hydrogen (secondary N) is 3. The lowest BCUT2D eigenvalue weighted by molar-refractivity contribution is 0.765. The Labute approximate surface area is 256 Å². The smallest absolute Gasteiger partial charge is 0.229 e. The van der Waals surface area contributed by atoms with Crippen molar-refractivity contribution in [3.05, 3.63) is 108 Å². The van der Waals surface area contributed by atoms with Crippen molar-refractivity contribution >= 4 is 72.1 Å². The molecule has 0 bridgehead atoms. The van der Waals surface area contributed by atoms with Crippen LogP contribution in [-0.4, -0.2) is 18.1 Å². The summed E-state index contributed by atoms with van der Waals surface area (Å²) in [5.41, 5.74) is 14.0. The van der Waals surface area contributed by atoms with Gasteiger partial charge in [-0.05, 0) is 68.3 Å². The lowest BCUT2D eigenvalue weighted by atomic mass is 10.0. The summed E-state index contributed by atoms with van der Waals surface area (Å²) in [5.74, 6) is 0. The summed E-state index contributed by atoms with van der Waals surface area (Å²) < 4.78 is 0. The second-order valence-electron chi connectivity index (χ2n) is 10.6. The van der Waals surface area contributed by atoms with E-state index in [1.165, 1.54) is 27.8 Å². The summed E-state index contributed by atoms with van der Waals surface area (Å²) >= 11 is 1.46. The van der Waals surface area contributed by atoms with E-state index in [0.717, 1.165) is 51.2 Å². The number of thiazole rings is 1. The maximum absolute atomic E-state index is 4.36. The Morgan fingerprint density at radius 1 is 0.791 bits per heavy atom. The SMILES string of the molecule is CCC(C)Nc1ccc(N(C)c2ccc(NNc3ccc(/N=N/c4nccs4)c(C)c3)c3ccccc23)c2ccccc12. The third-order valence-electron chi connectivity index (χ3n) is 7.74. The summed E-state index contributed by atoms with van der Waals surface area (Å²) in [6, 6.07) is 32.3. The van der Waals surface area contributed by atoms with Crippen LogP contribution in [0.1, 0.15) is 25.8 Å². The molecule has 0 aliphatic carbocycles. The van der Waals surface area contributed by atoms with Crippen LogP contribution in [0, 0.1) is 6.92 Å². The molecule has 0 saturated carbocycles. The molecule has 0 aliphatic heterocycles. The summed E-state index contributed by atoms with van der Waals surface area (Å²) in [6.45, 7) is 6.45. The van der Waals surface area contributed by atoms with Crippen LogP contribution in [0.4, 0.5) is 39.3 Å². The summed E-state index contributed by atoms with van der Waals surface area (Å²) in [7, 11) is 2.15. The van der Waals surface area contributed by atoms with Gasteiger partial charge < -0.3 is 21.1 Å². The van der Waals surface area contributed by atoms with Gasteiger partial charge in [0.25, 0.3) is 0 Å². The van der Waals surface area contributed by atoms with E-state index in [0.29, 0.717) is 11.2 Å². The fraction of sp³-hybridized carbons (Fsp3) is 0.171. The van der Waals surface area contributed by atoms with Crippen molar-refractivity contribution in [1.82, 2.24) is 4.98 Å². The average molecular weight is 586 g/mol. The van der Waals surface area contributed by atoms with Gasteiger partial charge in [0, 0.05) is 63.3 Å². The van der Waals surface area contributed by atoms with Gasteiger partial charge >= 0.3 is 0 Å². The van der Waals surface area contributed by atoms with Crippen molar-refractivity contribution < 1.29 is 0 Å². The minimum Gasteiger partial charge on any atom is -0.382 e. The van der Waals surface area contributed by atoms with E-state index in [1.54, 1.807) is 6.20 Å². The molecule has 0 fully saturated rings. The number of aromatic nitrogens is 1. The Balaban J connectivity index is 1.26. The van der Waals surface area contributed by atoms with E-state index in [-0.39, 0.29) is 0 Å². The van der Waals surface area contributed by atoms with Crippen LogP contribution in [0.15, 0.2) is 113 Å². The van der Waals surface area contributed by atoms with Gasteiger partial charge in [0.05, 0.1) is 17.1 Å². The van der Waals surface area contributed by atoms with Crippen LogP contribution in [0.5, 0.6) is 0 Å². The Hall–Kier alpha value is -4.95. The zero-order valence-corrected chi connectivity index (χ0v) is 25.6. The zero-order valence-electron chi connectivity index (χ0n) is 24.8. The molecular weight excluding hydrogens is 551 g/mol. The van der Waals surface area contributed by atoms with Crippen LogP contribution in [0.3, 0.4) is 0 Å². The summed E-state index contributed by atoms with van der Waals surface area (Å²) in [5, 5.41) is 19.5. The quantitative estimate of drug-likeness (QED) is 0.110. The third-order valence-corrected chi connectivity index (χ3v) is 8.40. The van der Waals surface area contributed by atoms with Gasteiger partial charge in [-0.25, -0.2) is 4.98 Å². The Morgan fingerprint density at radius 3 is 2.07 bits per heavy atom. The standard InChI is InChI=1S/C35H35N7S/c1-5-24(3)37-31-16-18-33(28-12-8-6-10-26(28)31)42(4)34-19-17-32(27-11-7-9-13-29(27)34)40-38-25-14-15-30(23(2)22-25)39-41-35-36-20-21-43-35/h6-22,24,37-38,40H,5H2,1-4H3/b41-39+. The minimum absolute atomic E-state index is 0.408. The molecule has 5 aromatic carbocycles. The number of azo groups is 1. The number of hydrogen-bond donors (Lipinski definition) is 3. The lowest BCUT2D eigenvalue weighted by Gasteiger charge is -2.25. The molecule has 3 N–H and O–H groups in total. The summed E-state index contributed by atoms with van der Waals surface area (Å²) in [6.07, 6.45) is 2.80. The molecule has 0 amide bonds. The molecule has 1 heterocycles. The molecule has 6 aromatic rings. The van der Waals surface area contributed by atoms with E-state index in [9.17, 15) is 0 Å². The maximum Gasteiger partial charge on any atom is 0.229 e. The molecule has 43 heavy (non-hydrogen) atoms. The second kappa shape index (κ2) is 12.5. The van der Waals surface area contributed by atoms with Crippen LogP contribution in [0.2, 0.25) is 0 Å². The highest BCUT2D eigenvalue weighted by atomic mass is 32.1. The van der Waals surface area contributed by atoms with Gasteiger partial charge in [-0.3, -0.25) is 0 Å². The molecule has 0 radical (unpaired) electrons. The van der Waals surface area contributed by atoms with Gasteiger partial charge in [-0.1, -0.05) is 55.5 Å². The molecule has 6 rings (SSSR count). The number of fused-ring (bicyclic) bond motifs is 2. The molecular formula is C35H35N7S. The lowest BCUT2D eigenvalue weighted by Crippen LogP contribution is -2.15. The van der Waals surface area contributed by atoms with E-state index in [4.69, 9.17) is 0 Å². The highest BCUT2D eigenvalue weighted by Gasteiger charge is 2.15. The Morgan fingerprint density at radius 2 is 1.44 bits per heavy atom. The topological polar surface area (TPSA) is 76.9 Å². The average Bonchev–Trinajstić information content (AvgIpc) is 3.57. The highest BCUT2D eigenvalue weighted by Crippen LogP contribution is 2.39. The first-order valence-corrected chi connectivity index (χ1v) is 15.4. The fourth-order valence-electron chi connectivity index (χ4n) is 5.23. The largest absolute Gasteiger partial charge is 0.382 e. The minimum atomic E-state index is 0.408. The van der Waals surface area contributed by atoms with Crippen LogP contribution >= 0.6 is 11.3 Å². The van der Waals surface area contributed by atoms with Crippen LogP contribution < -0.4 is 21.1 Å². The highest BCUT2D eigenvalue weighted by molar-refractivity contribution is 7.13. The maximum atomic E-state index is 4.36. The number of nitrogens with zero attached hydrogens (tertiary/aromatic N) is 4. The molecule has 0 aliphatic rings. The van der Waals surface area contributed by atoms with Crippen molar-refractivity contribution in [3.63, 3.8) is 0 Å². The van der Waals surface area contributed by atoms with Crippen LogP contribution in [0.25, 0.3) is 21.5 Å². The zero-order chi connectivity index (χ0) is 29.8. The normalized spacial score (nSPS) is 12.1. The van der Waals surface area contributed by atoms with Crippen molar-refractivity contribution in [1.29, 1.82) is 0 Å². The molecule has 7 nitrogen and oxygen atoms in total. The Bertz CT molecular complexity index is 1900. The van der Waals surface area contributed by atoms with E-state index < -0.39 is 0 Å². The number of hydrazine groups is 1. The predicted molar refractivity (Wildman–Crippen MR) is 184 cm³/mol. The molecule has 216 valence electrons. The number of rotatable bonds is 10. The number of anilines is 5. The first-order valence-electron chi connectivity index (χ1n) is 14.5.